The molecule has 0 saturated carbocycles. The number of nitrogens with zero attached hydrogens (tertiary/aromatic N) is 5. The molecule has 1 N–H and O–H groups in total. The summed E-state index contributed by atoms with van der Waals surface area (Å²) in [5.74, 6) is 1.04. The number of nitrogens with one attached hydrogen (secondary N) is 1. The second-order valence-corrected chi connectivity index (χ2v) is 9.10. The molecule has 0 amide bonds. The summed E-state index contributed by atoms with van der Waals surface area (Å²) in [6, 6.07) is 7.48. The summed E-state index contributed by atoms with van der Waals surface area (Å²) in [6.07, 6.45) is 2.23. The SMILES string of the molecule is O=c1[nH]c(CSc2nnnn2CC2CCCO2)nc2scc(-c3ccccc3Cl)c12. The molecule has 1 fully saturated rings. The van der Waals surface area contributed by atoms with Crippen molar-refractivity contribution in [3.05, 3.63) is 50.8 Å². The first-order valence-electron chi connectivity index (χ1n) is 9.45. The van der Waals surface area contributed by atoms with Crippen LogP contribution in [0.5, 0.6) is 0 Å². The number of tetrazole rings is 1. The van der Waals surface area contributed by atoms with Gasteiger partial charge in [0, 0.05) is 28.1 Å². The Kier molecular flexibility index (Phi) is 5.55. The van der Waals surface area contributed by atoms with Crippen LogP contribution in [0.25, 0.3) is 21.3 Å². The van der Waals surface area contributed by atoms with Crippen LogP contribution in [0.1, 0.15) is 18.7 Å². The molecule has 5 rings (SSSR count). The van der Waals surface area contributed by atoms with Crippen LogP contribution in [0, 0.1) is 0 Å². The summed E-state index contributed by atoms with van der Waals surface area (Å²) in [4.78, 5) is 21.0. The number of hydrogen-bond donors (Lipinski definition) is 1. The van der Waals surface area contributed by atoms with Crippen molar-refractivity contribution in [2.75, 3.05) is 6.61 Å². The zero-order valence-corrected chi connectivity index (χ0v) is 18.1. The molecule has 0 aliphatic carbocycles. The quantitative estimate of drug-likeness (QED) is 0.437. The first-order valence-corrected chi connectivity index (χ1v) is 11.7. The lowest BCUT2D eigenvalue weighted by Gasteiger charge is -2.09. The maximum atomic E-state index is 12.8. The Bertz CT molecular complexity index is 1250. The Morgan fingerprint density at radius 2 is 2.23 bits per heavy atom. The number of aromatic nitrogens is 6. The van der Waals surface area contributed by atoms with Crippen LogP contribution in [0.2, 0.25) is 5.02 Å². The Morgan fingerprint density at radius 1 is 1.33 bits per heavy atom. The zero-order valence-electron chi connectivity index (χ0n) is 15.7. The van der Waals surface area contributed by atoms with E-state index in [1.54, 1.807) is 4.68 Å². The lowest BCUT2D eigenvalue weighted by atomic mass is 10.1. The third-order valence-corrected chi connectivity index (χ3v) is 7.06. The molecule has 4 heterocycles. The fraction of sp³-hybridized carbons (Fsp3) is 0.316. The van der Waals surface area contributed by atoms with Crippen LogP contribution in [0.4, 0.5) is 0 Å². The van der Waals surface area contributed by atoms with E-state index in [1.165, 1.54) is 23.1 Å². The number of H-pyrrole nitrogens is 1. The summed E-state index contributed by atoms with van der Waals surface area (Å²) >= 11 is 9.19. The lowest BCUT2D eigenvalue weighted by molar-refractivity contribution is 0.0912. The van der Waals surface area contributed by atoms with Crippen molar-refractivity contribution in [2.45, 2.75) is 36.4 Å². The molecule has 0 bridgehead atoms. The third kappa shape index (κ3) is 3.87. The molecule has 11 heteroatoms. The minimum Gasteiger partial charge on any atom is -0.376 e. The molecule has 154 valence electrons. The van der Waals surface area contributed by atoms with E-state index in [4.69, 9.17) is 16.3 Å². The van der Waals surface area contributed by atoms with E-state index in [9.17, 15) is 4.79 Å². The van der Waals surface area contributed by atoms with E-state index in [1.807, 2.05) is 29.6 Å². The number of ether oxygens (including phenoxy) is 1. The monoisotopic (exact) mass is 460 g/mol. The summed E-state index contributed by atoms with van der Waals surface area (Å²) in [5, 5.41) is 15.7. The Labute approximate surface area is 184 Å². The fourth-order valence-corrected chi connectivity index (χ4v) is 5.42. The van der Waals surface area contributed by atoms with E-state index in [0.29, 0.717) is 38.5 Å². The highest BCUT2D eigenvalue weighted by molar-refractivity contribution is 7.98. The predicted molar refractivity (Wildman–Crippen MR) is 117 cm³/mol. The van der Waals surface area contributed by atoms with Gasteiger partial charge in [0.1, 0.15) is 10.7 Å². The number of hydrogen-bond acceptors (Lipinski definition) is 8. The van der Waals surface area contributed by atoms with E-state index < -0.39 is 0 Å². The van der Waals surface area contributed by atoms with Crippen LogP contribution in [0.15, 0.2) is 39.6 Å². The second kappa shape index (κ2) is 8.46. The number of fused-ring (bicyclic) bond motifs is 1. The summed E-state index contributed by atoms with van der Waals surface area (Å²) in [6.45, 7) is 1.42. The van der Waals surface area contributed by atoms with Crippen molar-refractivity contribution in [2.24, 2.45) is 0 Å². The van der Waals surface area contributed by atoms with Crippen molar-refractivity contribution in [3.8, 4) is 11.1 Å². The van der Waals surface area contributed by atoms with Gasteiger partial charge in [-0.25, -0.2) is 9.67 Å². The maximum Gasteiger partial charge on any atom is 0.260 e. The number of rotatable bonds is 6. The highest BCUT2D eigenvalue weighted by atomic mass is 35.5. The summed E-state index contributed by atoms with van der Waals surface area (Å²) in [5.41, 5.74) is 1.45. The molecule has 1 aliphatic rings. The molecule has 1 saturated heterocycles. The average molecular weight is 461 g/mol. The molecule has 8 nitrogen and oxygen atoms in total. The van der Waals surface area contributed by atoms with Gasteiger partial charge in [0.15, 0.2) is 0 Å². The Hall–Kier alpha value is -2.27. The number of thiophene rings is 1. The molecule has 1 aliphatic heterocycles. The van der Waals surface area contributed by atoms with E-state index in [0.717, 1.165) is 30.6 Å². The van der Waals surface area contributed by atoms with E-state index in [2.05, 4.69) is 25.5 Å². The van der Waals surface area contributed by atoms with Gasteiger partial charge in [0.25, 0.3) is 5.56 Å². The van der Waals surface area contributed by atoms with Crippen LogP contribution in [0.3, 0.4) is 0 Å². The van der Waals surface area contributed by atoms with Crippen LogP contribution < -0.4 is 5.56 Å². The smallest absolute Gasteiger partial charge is 0.260 e. The molecule has 4 aromatic rings. The highest BCUT2D eigenvalue weighted by Gasteiger charge is 2.20. The number of aromatic amines is 1. The third-order valence-electron chi connectivity index (χ3n) is 4.89. The lowest BCUT2D eigenvalue weighted by Crippen LogP contribution is -2.17. The normalized spacial score (nSPS) is 16.5. The van der Waals surface area contributed by atoms with Gasteiger partial charge in [-0.1, -0.05) is 41.6 Å². The van der Waals surface area contributed by atoms with Crippen LogP contribution in [-0.4, -0.2) is 42.9 Å². The van der Waals surface area contributed by atoms with Crippen molar-refractivity contribution >= 4 is 44.9 Å². The molecule has 1 unspecified atom stereocenters. The first-order chi connectivity index (χ1) is 14.7. The van der Waals surface area contributed by atoms with E-state index >= 15 is 0 Å². The second-order valence-electron chi connectivity index (χ2n) is 6.89. The van der Waals surface area contributed by atoms with Gasteiger partial charge in [0.05, 0.1) is 23.8 Å². The van der Waals surface area contributed by atoms with E-state index in [-0.39, 0.29) is 11.7 Å². The van der Waals surface area contributed by atoms with Gasteiger partial charge in [-0.2, -0.15) is 0 Å². The largest absolute Gasteiger partial charge is 0.376 e. The first kappa shape index (κ1) is 19.7. The van der Waals surface area contributed by atoms with Crippen molar-refractivity contribution in [3.63, 3.8) is 0 Å². The number of halogens is 1. The highest BCUT2D eigenvalue weighted by Crippen LogP contribution is 2.35. The molecular weight excluding hydrogens is 444 g/mol. The number of benzene rings is 1. The molecule has 0 radical (unpaired) electrons. The summed E-state index contributed by atoms with van der Waals surface area (Å²) < 4.78 is 7.41. The van der Waals surface area contributed by atoms with Crippen molar-refractivity contribution in [1.29, 1.82) is 0 Å². The molecular formula is C19H17ClN6O2S2. The molecule has 3 aromatic heterocycles. The Balaban J connectivity index is 1.37. The standard InChI is InChI=1S/C19H17ClN6O2S2/c20-14-6-2-1-5-12(14)13-9-29-18-16(13)17(27)21-15(22-18)10-30-19-23-24-25-26(19)8-11-4-3-7-28-11/h1-2,5-6,9,11H,3-4,7-8,10H2,(H,21,22,27). The minimum atomic E-state index is -0.175. The Morgan fingerprint density at radius 3 is 3.07 bits per heavy atom. The minimum absolute atomic E-state index is 0.150. The zero-order chi connectivity index (χ0) is 20.5. The fourth-order valence-electron chi connectivity index (χ4n) is 3.47. The number of thioether (sulfide) groups is 1. The van der Waals surface area contributed by atoms with Gasteiger partial charge in [-0.05, 0) is 29.3 Å². The van der Waals surface area contributed by atoms with Crippen LogP contribution >= 0.6 is 34.7 Å². The van der Waals surface area contributed by atoms with Crippen molar-refractivity contribution < 1.29 is 4.74 Å². The summed E-state index contributed by atoms with van der Waals surface area (Å²) in [7, 11) is 0. The topological polar surface area (TPSA) is 98.6 Å². The maximum absolute atomic E-state index is 12.8. The van der Waals surface area contributed by atoms with Gasteiger partial charge >= 0.3 is 0 Å². The molecule has 0 spiro atoms. The van der Waals surface area contributed by atoms with Gasteiger partial charge in [-0.15, -0.1) is 16.4 Å². The molecule has 30 heavy (non-hydrogen) atoms. The molecule has 1 atom stereocenters. The van der Waals surface area contributed by atoms with Crippen LogP contribution in [-0.2, 0) is 17.0 Å². The van der Waals surface area contributed by atoms with Gasteiger partial charge in [-0.3, -0.25) is 4.79 Å². The average Bonchev–Trinajstić information content (AvgIpc) is 3.49. The predicted octanol–water partition coefficient (Wildman–Crippen LogP) is 3.76. The van der Waals surface area contributed by atoms with Crippen molar-refractivity contribution in [1.82, 2.24) is 30.2 Å². The van der Waals surface area contributed by atoms with Gasteiger partial charge < -0.3 is 9.72 Å². The van der Waals surface area contributed by atoms with Gasteiger partial charge in [0.2, 0.25) is 5.16 Å². The molecule has 1 aromatic carbocycles.